The zero-order valence-electron chi connectivity index (χ0n) is 22.2. The molecule has 32 heavy (non-hydrogen) atoms. The lowest BCUT2D eigenvalue weighted by molar-refractivity contribution is 0.309. The van der Waals surface area contributed by atoms with Gasteiger partial charge in [-0.15, -0.1) is 0 Å². The standard InChI is InChI=1S/C31H46O/c1-20-16-22(3)26(17-21(20)2)25-14-12-23(13-15-25)10-11-24-18-27(30(4,5)6)29(32)28(19-24)31(7,8)9/h16-19,23,25,32H,10-15H2,1-9H3. The summed E-state index contributed by atoms with van der Waals surface area (Å²) in [5.41, 5.74) is 9.39. The Labute approximate surface area is 197 Å². The van der Waals surface area contributed by atoms with Crippen molar-refractivity contribution < 1.29 is 5.11 Å². The van der Waals surface area contributed by atoms with Crippen molar-refractivity contribution in [3.05, 3.63) is 63.2 Å². The van der Waals surface area contributed by atoms with E-state index in [1.807, 2.05) is 0 Å². The van der Waals surface area contributed by atoms with Gasteiger partial charge in [0.05, 0.1) is 0 Å². The highest BCUT2D eigenvalue weighted by Gasteiger charge is 2.27. The Morgan fingerprint density at radius 3 is 1.72 bits per heavy atom. The summed E-state index contributed by atoms with van der Waals surface area (Å²) in [6.45, 7) is 20.0. The highest BCUT2D eigenvalue weighted by molar-refractivity contribution is 5.50. The molecule has 0 unspecified atom stereocenters. The van der Waals surface area contributed by atoms with Crippen LogP contribution in [0.2, 0.25) is 0 Å². The van der Waals surface area contributed by atoms with E-state index in [-0.39, 0.29) is 10.8 Å². The fraction of sp³-hybridized carbons (Fsp3) is 0.613. The van der Waals surface area contributed by atoms with Crippen molar-refractivity contribution in [1.29, 1.82) is 0 Å². The van der Waals surface area contributed by atoms with E-state index < -0.39 is 0 Å². The van der Waals surface area contributed by atoms with Gasteiger partial charge in [-0.1, -0.05) is 65.8 Å². The number of phenols is 1. The van der Waals surface area contributed by atoms with Gasteiger partial charge in [-0.2, -0.15) is 0 Å². The van der Waals surface area contributed by atoms with E-state index in [0.717, 1.165) is 29.4 Å². The zero-order valence-corrected chi connectivity index (χ0v) is 22.2. The van der Waals surface area contributed by atoms with Crippen LogP contribution < -0.4 is 0 Å². The third-order valence-electron chi connectivity index (χ3n) is 7.80. The van der Waals surface area contributed by atoms with E-state index in [0.29, 0.717) is 5.75 Å². The summed E-state index contributed by atoms with van der Waals surface area (Å²) >= 11 is 0. The molecule has 1 nitrogen and oxygen atoms in total. The second-order valence-corrected chi connectivity index (χ2v) is 12.6. The monoisotopic (exact) mass is 434 g/mol. The first-order valence-corrected chi connectivity index (χ1v) is 12.7. The number of hydrogen-bond donors (Lipinski definition) is 1. The second kappa shape index (κ2) is 9.24. The molecule has 0 saturated heterocycles. The first-order chi connectivity index (χ1) is 14.8. The minimum atomic E-state index is -0.0534. The molecule has 0 bridgehead atoms. The summed E-state index contributed by atoms with van der Waals surface area (Å²) < 4.78 is 0. The van der Waals surface area contributed by atoms with Crippen molar-refractivity contribution in [2.45, 2.75) is 118 Å². The van der Waals surface area contributed by atoms with Crippen molar-refractivity contribution in [1.82, 2.24) is 0 Å². The third-order valence-corrected chi connectivity index (χ3v) is 7.80. The summed E-state index contributed by atoms with van der Waals surface area (Å²) in [6, 6.07) is 9.37. The molecule has 2 aromatic rings. The predicted octanol–water partition coefficient (Wildman–Crippen LogP) is 8.82. The molecule has 1 saturated carbocycles. The maximum Gasteiger partial charge on any atom is 0.123 e. The normalized spacial score (nSPS) is 19.9. The van der Waals surface area contributed by atoms with Crippen molar-refractivity contribution >= 4 is 0 Å². The van der Waals surface area contributed by atoms with Crippen LogP contribution in [0, 0.1) is 26.7 Å². The van der Waals surface area contributed by atoms with E-state index in [4.69, 9.17) is 0 Å². The first-order valence-electron chi connectivity index (χ1n) is 12.7. The van der Waals surface area contributed by atoms with Crippen LogP contribution in [0.4, 0.5) is 0 Å². The van der Waals surface area contributed by atoms with Gasteiger partial charge in [0.2, 0.25) is 0 Å². The van der Waals surface area contributed by atoms with Gasteiger partial charge in [-0.3, -0.25) is 0 Å². The fourth-order valence-electron chi connectivity index (χ4n) is 5.54. The molecule has 0 heterocycles. The Kier molecular flexibility index (Phi) is 7.18. The molecule has 0 spiro atoms. The van der Waals surface area contributed by atoms with Crippen LogP contribution >= 0.6 is 0 Å². The van der Waals surface area contributed by atoms with Crippen LogP contribution in [-0.2, 0) is 17.3 Å². The highest BCUT2D eigenvalue weighted by Crippen LogP contribution is 2.42. The van der Waals surface area contributed by atoms with Crippen LogP contribution in [0.15, 0.2) is 24.3 Å². The van der Waals surface area contributed by atoms with E-state index in [2.05, 4.69) is 86.6 Å². The smallest absolute Gasteiger partial charge is 0.123 e. The number of phenolic OH excluding ortho intramolecular Hbond substituents is 1. The Hall–Kier alpha value is -1.76. The lowest BCUT2D eigenvalue weighted by Crippen LogP contribution is -2.18. The van der Waals surface area contributed by atoms with Gasteiger partial charge in [0.25, 0.3) is 0 Å². The largest absolute Gasteiger partial charge is 0.507 e. The number of aromatic hydroxyl groups is 1. The summed E-state index contributed by atoms with van der Waals surface area (Å²) in [5.74, 6) is 2.06. The van der Waals surface area contributed by atoms with E-state index >= 15 is 0 Å². The van der Waals surface area contributed by atoms with Crippen molar-refractivity contribution in [3.8, 4) is 5.75 Å². The molecule has 0 atom stereocenters. The van der Waals surface area contributed by atoms with Gasteiger partial charge in [0.1, 0.15) is 5.75 Å². The average Bonchev–Trinajstić information content (AvgIpc) is 2.68. The maximum atomic E-state index is 11.0. The molecule has 1 N–H and O–H groups in total. The molecular weight excluding hydrogens is 388 g/mol. The van der Waals surface area contributed by atoms with E-state index in [9.17, 15) is 5.11 Å². The predicted molar refractivity (Wildman–Crippen MR) is 139 cm³/mol. The summed E-state index contributed by atoms with van der Waals surface area (Å²) in [4.78, 5) is 0. The molecular formula is C31H46O. The Morgan fingerprint density at radius 1 is 0.719 bits per heavy atom. The number of hydrogen-bond acceptors (Lipinski definition) is 1. The molecule has 176 valence electrons. The van der Waals surface area contributed by atoms with Crippen LogP contribution in [0.1, 0.15) is 119 Å². The molecule has 0 radical (unpaired) electrons. The topological polar surface area (TPSA) is 20.2 Å². The molecule has 0 amide bonds. The van der Waals surface area contributed by atoms with Crippen LogP contribution in [0.5, 0.6) is 5.75 Å². The minimum absolute atomic E-state index is 0.0534. The van der Waals surface area contributed by atoms with E-state index in [1.165, 1.54) is 54.4 Å². The number of benzene rings is 2. The summed E-state index contributed by atoms with van der Waals surface area (Å²) in [6.07, 6.45) is 7.70. The van der Waals surface area contributed by atoms with Crippen LogP contribution in [0.3, 0.4) is 0 Å². The van der Waals surface area contributed by atoms with Crippen LogP contribution in [-0.4, -0.2) is 5.11 Å². The number of aryl methyl sites for hydroxylation is 4. The Balaban J connectivity index is 1.69. The fourth-order valence-corrected chi connectivity index (χ4v) is 5.54. The summed E-state index contributed by atoms with van der Waals surface area (Å²) in [5, 5.41) is 11.0. The SMILES string of the molecule is Cc1cc(C)c(C2CCC(CCc3cc(C(C)(C)C)c(O)c(C(C)(C)C)c3)CC2)cc1C. The summed E-state index contributed by atoms with van der Waals surface area (Å²) in [7, 11) is 0. The van der Waals surface area contributed by atoms with Crippen molar-refractivity contribution in [2.24, 2.45) is 5.92 Å². The molecule has 2 aromatic carbocycles. The second-order valence-electron chi connectivity index (χ2n) is 12.6. The molecule has 1 aliphatic rings. The molecule has 0 aromatic heterocycles. The lowest BCUT2D eigenvalue weighted by atomic mass is 9.74. The zero-order chi connectivity index (χ0) is 23.8. The Morgan fingerprint density at radius 2 is 1.22 bits per heavy atom. The Bertz CT molecular complexity index is 909. The maximum absolute atomic E-state index is 11.0. The lowest BCUT2D eigenvalue weighted by Gasteiger charge is -2.31. The quantitative estimate of drug-likeness (QED) is 0.509. The average molecular weight is 435 g/mol. The first kappa shape index (κ1) is 24.9. The molecule has 1 fully saturated rings. The molecule has 3 rings (SSSR count). The van der Waals surface area contributed by atoms with E-state index in [1.54, 1.807) is 5.56 Å². The van der Waals surface area contributed by atoms with Gasteiger partial charge in [0, 0.05) is 0 Å². The van der Waals surface area contributed by atoms with Gasteiger partial charge in [-0.05, 0) is 121 Å². The van der Waals surface area contributed by atoms with Gasteiger partial charge < -0.3 is 5.11 Å². The minimum Gasteiger partial charge on any atom is -0.507 e. The number of rotatable bonds is 4. The van der Waals surface area contributed by atoms with Crippen LogP contribution in [0.25, 0.3) is 0 Å². The van der Waals surface area contributed by atoms with Crippen molar-refractivity contribution in [3.63, 3.8) is 0 Å². The van der Waals surface area contributed by atoms with Gasteiger partial charge in [0.15, 0.2) is 0 Å². The molecule has 1 aliphatic carbocycles. The van der Waals surface area contributed by atoms with Gasteiger partial charge in [-0.25, -0.2) is 0 Å². The van der Waals surface area contributed by atoms with Crippen molar-refractivity contribution in [2.75, 3.05) is 0 Å². The molecule has 1 heteroatoms. The van der Waals surface area contributed by atoms with Gasteiger partial charge >= 0.3 is 0 Å². The molecule has 0 aliphatic heterocycles. The third kappa shape index (κ3) is 5.59. The highest BCUT2D eigenvalue weighted by atomic mass is 16.3.